The lowest BCUT2D eigenvalue weighted by atomic mass is 10.2. The number of methoxy groups -OCH3 is 1. The van der Waals surface area contributed by atoms with Gasteiger partial charge in [0.2, 0.25) is 0 Å². The van der Waals surface area contributed by atoms with E-state index in [1.54, 1.807) is 44.4 Å². The average Bonchev–Trinajstić information content (AvgIpc) is 2.73. The fourth-order valence-corrected chi connectivity index (χ4v) is 3.15. The Hall–Kier alpha value is -1.82. The molecule has 19 heavy (non-hydrogen) atoms. The number of nitrogens with zero attached hydrogens (tertiary/aromatic N) is 1. The van der Waals surface area contributed by atoms with Gasteiger partial charge in [-0.25, -0.2) is 8.42 Å². The van der Waals surface area contributed by atoms with Crippen LogP contribution in [0.2, 0.25) is 0 Å². The number of hydrogen-bond acceptors (Lipinski definition) is 5. The number of aromatic nitrogens is 1. The van der Waals surface area contributed by atoms with Crippen LogP contribution in [0.4, 0.5) is 0 Å². The van der Waals surface area contributed by atoms with Crippen LogP contribution in [-0.4, -0.2) is 20.7 Å². The highest BCUT2D eigenvalue weighted by atomic mass is 32.2. The van der Waals surface area contributed by atoms with Crippen LogP contribution in [0.25, 0.3) is 0 Å². The Morgan fingerprint density at radius 1 is 1.26 bits per heavy atom. The standard InChI is InChI=1S/C13H15NO4S/c1-10-6-12(14-18-10)9-19(15,16)8-11-4-3-5-13(7-11)17-2/h3-7H,8-9H2,1-2H3. The first-order chi connectivity index (χ1) is 8.98. The second-order valence-corrected chi connectivity index (χ2v) is 6.38. The number of ether oxygens (including phenoxy) is 1. The van der Waals surface area contributed by atoms with Crippen molar-refractivity contribution in [3.05, 3.63) is 47.3 Å². The van der Waals surface area contributed by atoms with E-state index in [0.29, 0.717) is 22.8 Å². The summed E-state index contributed by atoms with van der Waals surface area (Å²) in [5.41, 5.74) is 1.12. The maximum atomic E-state index is 12.1. The summed E-state index contributed by atoms with van der Waals surface area (Å²) in [6.45, 7) is 1.73. The predicted molar refractivity (Wildman–Crippen MR) is 70.6 cm³/mol. The lowest BCUT2D eigenvalue weighted by Gasteiger charge is -2.05. The summed E-state index contributed by atoms with van der Waals surface area (Å²) in [4.78, 5) is 0. The molecule has 1 aromatic heterocycles. The van der Waals surface area contributed by atoms with Crippen LogP contribution in [0.3, 0.4) is 0 Å². The van der Waals surface area contributed by atoms with E-state index in [9.17, 15) is 8.42 Å². The minimum absolute atomic E-state index is 0.0455. The van der Waals surface area contributed by atoms with Crippen molar-refractivity contribution in [3.8, 4) is 5.75 Å². The molecule has 0 radical (unpaired) electrons. The molecule has 0 fully saturated rings. The second kappa shape index (κ2) is 5.44. The molecular weight excluding hydrogens is 266 g/mol. The maximum absolute atomic E-state index is 12.1. The zero-order valence-electron chi connectivity index (χ0n) is 10.8. The highest BCUT2D eigenvalue weighted by Crippen LogP contribution is 2.17. The van der Waals surface area contributed by atoms with Gasteiger partial charge in [-0.1, -0.05) is 17.3 Å². The van der Waals surface area contributed by atoms with Crippen LogP contribution in [0, 0.1) is 6.92 Å². The van der Waals surface area contributed by atoms with Gasteiger partial charge in [0, 0.05) is 6.07 Å². The topological polar surface area (TPSA) is 69.4 Å². The smallest absolute Gasteiger partial charge is 0.160 e. The minimum atomic E-state index is -3.28. The van der Waals surface area contributed by atoms with Crippen molar-refractivity contribution < 1.29 is 17.7 Å². The third-order valence-electron chi connectivity index (χ3n) is 2.57. The van der Waals surface area contributed by atoms with E-state index < -0.39 is 9.84 Å². The average molecular weight is 281 g/mol. The van der Waals surface area contributed by atoms with Crippen LogP contribution in [0.5, 0.6) is 5.75 Å². The summed E-state index contributed by atoms with van der Waals surface area (Å²) < 4.78 is 34.0. The van der Waals surface area contributed by atoms with E-state index in [-0.39, 0.29) is 11.5 Å². The van der Waals surface area contributed by atoms with Crippen molar-refractivity contribution in [1.82, 2.24) is 5.16 Å². The second-order valence-electron chi connectivity index (χ2n) is 4.31. The zero-order chi connectivity index (χ0) is 13.9. The van der Waals surface area contributed by atoms with Gasteiger partial charge in [-0.15, -0.1) is 0 Å². The van der Waals surface area contributed by atoms with Crippen molar-refractivity contribution in [1.29, 1.82) is 0 Å². The highest BCUT2D eigenvalue weighted by molar-refractivity contribution is 7.89. The van der Waals surface area contributed by atoms with Crippen molar-refractivity contribution in [2.45, 2.75) is 18.4 Å². The Bertz CT molecular complexity index is 661. The third-order valence-corrected chi connectivity index (χ3v) is 4.07. The summed E-state index contributed by atoms with van der Waals surface area (Å²) in [6, 6.07) is 8.64. The predicted octanol–water partition coefficient (Wildman–Crippen LogP) is 2.11. The Balaban J connectivity index is 2.12. The Kier molecular flexibility index (Phi) is 3.90. The van der Waals surface area contributed by atoms with E-state index in [4.69, 9.17) is 9.26 Å². The quantitative estimate of drug-likeness (QED) is 0.839. The minimum Gasteiger partial charge on any atom is -0.497 e. The summed E-state index contributed by atoms with van der Waals surface area (Å²) in [6.07, 6.45) is 0. The molecule has 0 spiro atoms. The molecule has 0 unspecified atom stereocenters. The third kappa shape index (κ3) is 3.82. The van der Waals surface area contributed by atoms with Crippen LogP contribution in [0.1, 0.15) is 17.0 Å². The van der Waals surface area contributed by atoms with E-state index in [0.717, 1.165) is 0 Å². The molecule has 0 aliphatic rings. The molecule has 0 N–H and O–H groups in total. The maximum Gasteiger partial charge on any atom is 0.160 e. The molecule has 5 nitrogen and oxygen atoms in total. The number of hydrogen-bond donors (Lipinski definition) is 0. The Labute approximate surface area is 112 Å². The number of sulfone groups is 1. The molecule has 0 amide bonds. The lowest BCUT2D eigenvalue weighted by molar-refractivity contribution is 0.392. The number of rotatable bonds is 5. The molecule has 1 aromatic carbocycles. The molecule has 0 saturated carbocycles. The summed E-state index contributed by atoms with van der Waals surface area (Å²) in [5, 5.41) is 3.70. The van der Waals surface area contributed by atoms with Gasteiger partial charge in [-0.3, -0.25) is 0 Å². The molecule has 0 aliphatic heterocycles. The van der Waals surface area contributed by atoms with Gasteiger partial charge in [0.15, 0.2) is 9.84 Å². The van der Waals surface area contributed by atoms with Gasteiger partial charge < -0.3 is 9.26 Å². The first-order valence-electron chi connectivity index (χ1n) is 5.74. The lowest BCUT2D eigenvalue weighted by Crippen LogP contribution is -2.08. The Morgan fingerprint density at radius 3 is 2.68 bits per heavy atom. The van der Waals surface area contributed by atoms with Gasteiger partial charge in [0.1, 0.15) is 11.5 Å². The highest BCUT2D eigenvalue weighted by Gasteiger charge is 2.16. The van der Waals surface area contributed by atoms with E-state index >= 15 is 0 Å². The Morgan fingerprint density at radius 2 is 2.05 bits per heavy atom. The fraction of sp³-hybridized carbons (Fsp3) is 0.308. The molecule has 0 aliphatic carbocycles. The van der Waals surface area contributed by atoms with Gasteiger partial charge in [0.25, 0.3) is 0 Å². The van der Waals surface area contributed by atoms with E-state index in [2.05, 4.69) is 5.16 Å². The molecule has 2 aromatic rings. The molecular formula is C13H15NO4S. The zero-order valence-corrected chi connectivity index (χ0v) is 11.6. The largest absolute Gasteiger partial charge is 0.497 e. The van der Waals surface area contributed by atoms with Crippen molar-refractivity contribution >= 4 is 9.84 Å². The summed E-state index contributed by atoms with van der Waals surface area (Å²) in [5.74, 6) is 1.08. The van der Waals surface area contributed by atoms with E-state index in [1.807, 2.05) is 0 Å². The van der Waals surface area contributed by atoms with Crippen LogP contribution in [0.15, 0.2) is 34.9 Å². The molecule has 102 valence electrons. The molecule has 0 atom stereocenters. The summed E-state index contributed by atoms with van der Waals surface area (Å²) in [7, 11) is -1.73. The van der Waals surface area contributed by atoms with Gasteiger partial charge >= 0.3 is 0 Å². The van der Waals surface area contributed by atoms with Gasteiger partial charge in [-0.2, -0.15) is 0 Å². The molecule has 0 bridgehead atoms. The first-order valence-corrected chi connectivity index (χ1v) is 7.56. The van der Waals surface area contributed by atoms with Gasteiger partial charge in [-0.05, 0) is 24.6 Å². The molecule has 1 heterocycles. The van der Waals surface area contributed by atoms with Crippen molar-refractivity contribution in [2.75, 3.05) is 7.11 Å². The number of benzene rings is 1. The van der Waals surface area contributed by atoms with Crippen LogP contribution in [-0.2, 0) is 21.3 Å². The van der Waals surface area contributed by atoms with Crippen molar-refractivity contribution in [3.63, 3.8) is 0 Å². The van der Waals surface area contributed by atoms with Crippen LogP contribution < -0.4 is 4.74 Å². The molecule has 6 heteroatoms. The van der Waals surface area contributed by atoms with Crippen LogP contribution >= 0.6 is 0 Å². The van der Waals surface area contributed by atoms with Gasteiger partial charge in [0.05, 0.1) is 24.3 Å². The SMILES string of the molecule is COc1cccc(CS(=O)(=O)Cc2cc(C)on2)c1. The van der Waals surface area contributed by atoms with E-state index in [1.165, 1.54) is 0 Å². The molecule has 2 rings (SSSR count). The molecule has 0 saturated heterocycles. The van der Waals surface area contributed by atoms with Crippen molar-refractivity contribution in [2.24, 2.45) is 0 Å². The fourth-order valence-electron chi connectivity index (χ4n) is 1.78. The normalized spacial score (nSPS) is 11.5. The summed E-state index contributed by atoms with van der Waals surface area (Å²) >= 11 is 0. The monoisotopic (exact) mass is 281 g/mol. The number of aryl methyl sites for hydroxylation is 1. The first kappa shape index (κ1) is 13.6.